The number of aromatic amines is 1. The van der Waals surface area contributed by atoms with Crippen molar-refractivity contribution in [1.29, 1.82) is 0 Å². The molecule has 1 aromatic heterocycles. The first kappa shape index (κ1) is 13.0. The number of hydrogen-bond donors (Lipinski definition) is 1. The second-order valence-electron chi connectivity index (χ2n) is 3.79. The van der Waals surface area contributed by atoms with Gasteiger partial charge in [0.25, 0.3) is 0 Å². The van der Waals surface area contributed by atoms with E-state index in [4.69, 9.17) is 0 Å². The standard InChI is InChI=1S/C12H11F3N2S/c1-18-10-4-2-8(3-5-10)6-9-7-16-17-11(9)12(13,14)15/h2-5,7H,6H2,1H3,(H,16,17). The maximum absolute atomic E-state index is 12.6. The van der Waals surface area contributed by atoms with Crippen LogP contribution in [-0.2, 0) is 12.6 Å². The van der Waals surface area contributed by atoms with E-state index in [9.17, 15) is 13.2 Å². The normalized spacial score (nSPS) is 11.8. The molecule has 0 amide bonds. The maximum atomic E-state index is 12.6. The minimum Gasteiger partial charge on any atom is -0.273 e. The number of H-pyrrole nitrogens is 1. The smallest absolute Gasteiger partial charge is 0.273 e. The summed E-state index contributed by atoms with van der Waals surface area (Å²) >= 11 is 1.59. The highest BCUT2D eigenvalue weighted by Gasteiger charge is 2.35. The van der Waals surface area contributed by atoms with E-state index >= 15 is 0 Å². The van der Waals surface area contributed by atoms with Gasteiger partial charge >= 0.3 is 6.18 Å². The fourth-order valence-corrected chi connectivity index (χ4v) is 2.06. The van der Waals surface area contributed by atoms with Gasteiger partial charge in [0.2, 0.25) is 0 Å². The summed E-state index contributed by atoms with van der Waals surface area (Å²) in [5, 5.41) is 5.48. The van der Waals surface area contributed by atoms with Crippen LogP contribution in [0.4, 0.5) is 13.2 Å². The highest BCUT2D eigenvalue weighted by molar-refractivity contribution is 7.98. The fraction of sp³-hybridized carbons (Fsp3) is 0.250. The van der Waals surface area contributed by atoms with Crippen molar-refractivity contribution in [1.82, 2.24) is 10.2 Å². The predicted octanol–water partition coefficient (Wildman–Crippen LogP) is 3.74. The molecule has 0 aliphatic rings. The van der Waals surface area contributed by atoms with Crippen molar-refractivity contribution < 1.29 is 13.2 Å². The lowest BCUT2D eigenvalue weighted by Gasteiger charge is -2.07. The summed E-state index contributed by atoms with van der Waals surface area (Å²) in [4.78, 5) is 1.09. The Bertz CT molecular complexity index is 517. The van der Waals surface area contributed by atoms with Crippen LogP contribution in [0.2, 0.25) is 0 Å². The first-order valence-electron chi connectivity index (χ1n) is 5.23. The van der Waals surface area contributed by atoms with E-state index in [1.165, 1.54) is 6.20 Å². The molecule has 1 N–H and O–H groups in total. The molecule has 96 valence electrons. The zero-order valence-electron chi connectivity index (χ0n) is 9.58. The zero-order chi connectivity index (χ0) is 13.2. The van der Waals surface area contributed by atoms with E-state index in [1.54, 1.807) is 11.8 Å². The van der Waals surface area contributed by atoms with Crippen LogP contribution in [0, 0.1) is 0 Å². The van der Waals surface area contributed by atoms with Crippen LogP contribution in [0.5, 0.6) is 0 Å². The average molecular weight is 272 g/mol. The van der Waals surface area contributed by atoms with Crippen molar-refractivity contribution in [2.45, 2.75) is 17.5 Å². The molecule has 6 heteroatoms. The molecule has 0 spiro atoms. The van der Waals surface area contributed by atoms with E-state index < -0.39 is 11.9 Å². The molecule has 0 aliphatic carbocycles. The van der Waals surface area contributed by atoms with Crippen molar-refractivity contribution in [3.05, 3.63) is 47.3 Å². The molecular weight excluding hydrogens is 261 g/mol. The van der Waals surface area contributed by atoms with E-state index in [-0.39, 0.29) is 12.0 Å². The van der Waals surface area contributed by atoms with Crippen LogP contribution in [-0.4, -0.2) is 16.5 Å². The van der Waals surface area contributed by atoms with Crippen LogP contribution >= 0.6 is 11.8 Å². The number of halogens is 3. The van der Waals surface area contributed by atoms with E-state index in [0.29, 0.717) is 0 Å². The monoisotopic (exact) mass is 272 g/mol. The number of benzene rings is 1. The van der Waals surface area contributed by atoms with E-state index in [0.717, 1.165) is 10.5 Å². The molecule has 18 heavy (non-hydrogen) atoms. The number of nitrogens with one attached hydrogen (secondary N) is 1. The molecule has 0 atom stereocenters. The largest absolute Gasteiger partial charge is 0.433 e. The van der Waals surface area contributed by atoms with Gasteiger partial charge < -0.3 is 0 Å². The van der Waals surface area contributed by atoms with Gasteiger partial charge in [-0.2, -0.15) is 18.3 Å². The number of thioether (sulfide) groups is 1. The number of nitrogens with zero attached hydrogens (tertiary/aromatic N) is 1. The highest BCUT2D eigenvalue weighted by Crippen LogP contribution is 2.31. The number of alkyl halides is 3. The third kappa shape index (κ3) is 2.87. The molecule has 0 fully saturated rings. The van der Waals surface area contributed by atoms with Crippen molar-refractivity contribution in [3.8, 4) is 0 Å². The topological polar surface area (TPSA) is 28.7 Å². The summed E-state index contributed by atoms with van der Waals surface area (Å²) in [6.07, 6.45) is -0.983. The summed E-state index contributed by atoms with van der Waals surface area (Å²) in [7, 11) is 0. The molecule has 0 unspecified atom stereocenters. The van der Waals surface area contributed by atoms with Gasteiger partial charge in [-0.25, -0.2) is 0 Å². The van der Waals surface area contributed by atoms with Gasteiger partial charge in [-0.15, -0.1) is 11.8 Å². The van der Waals surface area contributed by atoms with Crippen molar-refractivity contribution in [2.75, 3.05) is 6.26 Å². The highest BCUT2D eigenvalue weighted by atomic mass is 32.2. The fourth-order valence-electron chi connectivity index (χ4n) is 1.65. The van der Waals surface area contributed by atoms with Crippen LogP contribution in [0.3, 0.4) is 0 Å². The SMILES string of the molecule is CSc1ccc(Cc2cn[nH]c2C(F)(F)F)cc1. The lowest BCUT2D eigenvalue weighted by molar-refractivity contribution is -0.141. The van der Waals surface area contributed by atoms with Crippen LogP contribution < -0.4 is 0 Å². The Morgan fingerprint density at radius 3 is 2.44 bits per heavy atom. The van der Waals surface area contributed by atoms with Gasteiger partial charge in [0, 0.05) is 16.9 Å². The molecule has 0 bridgehead atoms. The number of aromatic nitrogens is 2. The Kier molecular flexibility index (Phi) is 3.65. The maximum Gasteiger partial charge on any atom is 0.433 e. The summed E-state index contributed by atoms with van der Waals surface area (Å²) < 4.78 is 37.9. The third-order valence-electron chi connectivity index (χ3n) is 2.55. The molecule has 0 radical (unpaired) electrons. The van der Waals surface area contributed by atoms with Gasteiger partial charge in [0.1, 0.15) is 5.69 Å². The lowest BCUT2D eigenvalue weighted by atomic mass is 10.1. The first-order chi connectivity index (χ1) is 8.50. The summed E-state index contributed by atoms with van der Waals surface area (Å²) in [5.41, 5.74) is 0.232. The van der Waals surface area contributed by atoms with E-state index in [1.807, 2.05) is 35.6 Å². The van der Waals surface area contributed by atoms with Crippen molar-refractivity contribution >= 4 is 11.8 Å². The number of rotatable bonds is 3. The zero-order valence-corrected chi connectivity index (χ0v) is 10.4. The Labute approximate surface area is 107 Å². The Hall–Kier alpha value is -1.43. The lowest BCUT2D eigenvalue weighted by Crippen LogP contribution is -2.09. The second-order valence-corrected chi connectivity index (χ2v) is 4.67. The molecule has 2 aromatic rings. The quantitative estimate of drug-likeness (QED) is 0.862. The summed E-state index contributed by atoms with van der Waals surface area (Å²) in [6.45, 7) is 0. The molecule has 2 nitrogen and oxygen atoms in total. The molecule has 0 saturated carbocycles. The predicted molar refractivity (Wildman–Crippen MR) is 64.6 cm³/mol. The van der Waals surface area contributed by atoms with Gasteiger partial charge in [-0.05, 0) is 24.0 Å². The van der Waals surface area contributed by atoms with E-state index in [2.05, 4.69) is 5.10 Å². The Balaban J connectivity index is 2.21. The van der Waals surface area contributed by atoms with Crippen LogP contribution in [0.15, 0.2) is 35.4 Å². The van der Waals surface area contributed by atoms with Crippen molar-refractivity contribution in [2.24, 2.45) is 0 Å². The molecule has 0 saturated heterocycles. The van der Waals surface area contributed by atoms with Gasteiger partial charge in [-0.3, -0.25) is 5.10 Å². The molecule has 2 rings (SSSR count). The van der Waals surface area contributed by atoms with Crippen LogP contribution in [0.1, 0.15) is 16.8 Å². The molecule has 1 aromatic carbocycles. The van der Waals surface area contributed by atoms with Gasteiger partial charge in [0.15, 0.2) is 0 Å². The Morgan fingerprint density at radius 2 is 1.89 bits per heavy atom. The molecular formula is C12H11F3N2S. The number of hydrogen-bond acceptors (Lipinski definition) is 2. The summed E-state index contributed by atoms with van der Waals surface area (Å²) in [6, 6.07) is 7.46. The Morgan fingerprint density at radius 1 is 1.22 bits per heavy atom. The first-order valence-corrected chi connectivity index (χ1v) is 6.45. The second kappa shape index (κ2) is 5.06. The van der Waals surface area contributed by atoms with Crippen LogP contribution in [0.25, 0.3) is 0 Å². The van der Waals surface area contributed by atoms with Crippen molar-refractivity contribution in [3.63, 3.8) is 0 Å². The molecule has 0 aliphatic heterocycles. The minimum absolute atomic E-state index is 0.166. The third-order valence-corrected chi connectivity index (χ3v) is 3.30. The average Bonchev–Trinajstić information content (AvgIpc) is 2.78. The molecule has 1 heterocycles. The van der Waals surface area contributed by atoms with Gasteiger partial charge in [0.05, 0.1) is 6.20 Å². The summed E-state index contributed by atoms with van der Waals surface area (Å²) in [5.74, 6) is 0. The van der Waals surface area contributed by atoms with Gasteiger partial charge in [-0.1, -0.05) is 12.1 Å². The minimum atomic E-state index is -4.38.